The fraction of sp³-hybridized carbons (Fsp3) is 0.190. The van der Waals surface area contributed by atoms with Crippen LogP contribution in [0.3, 0.4) is 0 Å². The summed E-state index contributed by atoms with van der Waals surface area (Å²) in [5.74, 6) is 0. The summed E-state index contributed by atoms with van der Waals surface area (Å²) < 4.78 is 0. The molecular weight excluding hydrogens is 406 g/mol. The van der Waals surface area contributed by atoms with Crippen LogP contribution in [0.4, 0.5) is 0 Å². The zero-order valence-electron chi connectivity index (χ0n) is 14.6. The minimum absolute atomic E-state index is 0. The van der Waals surface area contributed by atoms with Crippen LogP contribution < -0.4 is 37.2 Å². The zero-order valence-corrected chi connectivity index (χ0v) is 18.4. The standard InChI is InChI=1S/C21H21.3ClH.Ti/c1-16-14-15-20(17(16)2)21(3,18-10-6-4-7-11-18)19-12-8-5-9-13-19;;;;/h4-15H,1-3H3;3*1H;/q-1;;;;+4/p-3. The minimum Gasteiger partial charge on any atom is -1.00 e. The van der Waals surface area contributed by atoms with Gasteiger partial charge in [0.2, 0.25) is 0 Å². The van der Waals surface area contributed by atoms with Crippen molar-refractivity contribution in [2.45, 2.75) is 26.2 Å². The summed E-state index contributed by atoms with van der Waals surface area (Å²) >= 11 is 0. The van der Waals surface area contributed by atoms with Gasteiger partial charge in [-0.05, 0) is 16.5 Å². The molecule has 0 unspecified atom stereocenters. The van der Waals surface area contributed by atoms with Crippen LogP contribution >= 0.6 is 0 Å². The molecule has 0 bridgehead atoms. The van der Waals surface area contributed by atoms with Crippen LogP contribution in [-0.2, 0) is 27.1 Å². The predicted molar refractivity (Wildman–Crippen MR) is 89.9 cm³/mol. The van der Waals surface area contributed by atoms with Gasteiger partial charge in [0.1, 0.15) is 0 Å². The smallest absolute Gasteiger partial charge is 1.00 e. The van der Waals surface area contributed by atoms with E-state index in [2.05, 4.69) is 93.6 Å². The van der Waals surface area contributed by atoms with E-state index in [1.807, 2.05) is 0 Å². The van der Waals surface area contributed by atoms with Gasteiger partial charge in [0.05, 0.1) is 0 Å². The van der Waals surface area contributed by atoms with Crippen LogP contribution in [0.5, 0.6) is 0 Å². The Morgan fingerprint density at radius 2 is 1.08 bits per heavy atom. The summed E-state index contributed by atoms with van der Waals surface area (Å²) in [7, 11) is 0. The van der Waals surface area contributed by atoms with Crippen molar-refractivity contribution in [1.82, 2.24) is 0 Å². The molecule has 0 N–H and O–H groups in total. The maximum atomic E-state index is 2.33. The van der Waals surface area contributed by atoms with Crippen LogP contribution in [-0.4, -0.2) is 0 Å². The molecule has 0 heterocycles. The van der Waals surface area contributed by atoms with Gasteiger partial charge in [-0.15, -0.1) is 5.56 Å². The van der Waals surface area contributed by atoms with Crippen molar-refractivity contribution in [1.29, 1.82) is 0 Å². The minimum atomic E-state index is -0.110. The number of rotatable bonds is 3. The molecule has 0 aliphatic carbocycles. The molecule has 0 nitrogen and oxygen atoms in total. The first kappa shape index (κ1) is 26.6. The SMILES string of the molecule is Cc1cc[c-](C(C)(c2ccccc2)c2ccccc2)c1C.[Cl-].[Cl-].[Cl-].[Ti+4]. The normalized spacial score (nSPS) is 9.72. The average molecular weight is 428 g/mol. The molecule has 25 heavy (non-hydrogen) atoms. The van der Waals surface area contributed by atoms with E-state index in [1.54, 1.807) is 0 Å². The predicted octanol–water partition coefficient (Wildman–Crippen LogP) is -3.61. The fourth-order valence-electron chi connectivity index (χ4n) is 3.23. The third kappa shape index (κ3) is 4.97. The molecule has 3 aromatic rings. The number of benzene rings is 2. The Labute approximate surface area is 184 Å². The van der Waals surface area contributed by atoms with Crippen LogP contribution in [0.15, 0.2) is 72.8 Å². The Bertz CT molecular complexity index is 697. The molecule has 0 aliphatic heterocycles. The van der Waals surface area contributed by atoms with E-state index in [9.17, 15) is 0 Å². The van der Waals surface area contributed by atoms with Crippen LogP contribution in [0.2, 0.25) is 0 Å². The van der Waals surface area contributed by atoms with Crippen molar-refractivity contribution in [2.75, 3.05) is 0 Å². The number of halogens is 3. The van der Waals surface area contributed by atoms with Crippen LogP contribution in [0, 0.1) is 13.8 Å². The van der Waals surface area contributed by atoms with Crippen molar-refractivity contribution in [2.24, 2.45) is 0 Å². The molecule has 0 saturated heterocycles. The van der Waals surface area contributed by atoms with Crippen LogP contribution in [0.1, 0.15) is 34.7 Å². The van der Waals surface area contributed by atoms with E-state index in [4.69, 9.17) is 0 Å². The van der Waals surface area contributed by atoms with Gasteiger partial charge in [-0.25, -0.2) is 6.07 Å². The van der Waals surface area contributed by atoms with Crippen molar-refractivity contribution < 1.29 is 58.9 Å². The molecule has 3 aromatic carbocycles. The molecule has 0 aromatic heterocycles. The summed E-state index contributed by atoms with van der Waals surface area (Å²) in [6.45, 7) is 6.75. The molecule has 130 valence electrons. The second-order valence-corrected chi connectivity index (χ2v) is 5.91. The number of hydrogen-bond acceptors (Lipinski definition) is 0. The first-order chi connectivity index (χ1) is 10.1. The van der Waals surface area contributed by atoms with Crippen molar-refractivity contribution in [3.05, 3.63) is 101 Å². The Morgan fingerprint density at radius 3 is 1.40 bits per heavy atom. The largest absolute Gasteiger partial charge is 4.00 e. The summed E-state index contributed by atoms with van der Waals surface area (Å²) in [5, 5.41) is 0. The molecular formula is C21H21Cl3Ti. The Kier molecular flexibility index (Phi) is 11.9. The molecule has 0 saturated carbocycles. The molecule has 0 fully saturated rings. The second-order valence-electron chi connectivity index (χ2n) is 5.91. The molecule has 3 rings (SSSR count). The zero-order chi connectivity index (χ0) is 14.9. The van der Waals surface area contributed by atoms with E-state index in [0.717, 1.165) is 0 Å². The maximum absolute atomic E-state index is 2.33. The van der Waals surface area contributed by atoms with E-state index in [1.165, 1.54) is 27.8 Å². The van der Waals surface area contributed by atoms with Gasteiger partial charge in [0, 0.05) is 0 Å². The summed E-state index contributed by atoms with van der Waals surface area (Å²) in [5.41, 5.74) is 6.72. The number of hydrogen-bond donors (Lipinski definition) is 0. The number of aryl methyl sites for hydroxylation is 1. The molecule has 0 aliphatic rings. The van der Waals surface area contributed by atoms with Gasteiger partial charge in [0.15, 0.2) is 0 Å². The first-order valence-electron chi connectivity index (χ1n) is 7.48. The van der Waals surface area contributed by atoms with Gasteiger partial charge in [0.25, 0.3) is 0 Å². The molecule has 0 amide bonds. The van der Waals surface area contributed by atoms with E-state index >= 15 is 0 Å². The molecule has 4 heteroatoms. The Balaban J connectivity index is 0. The van der Waals surface area contributed by atoms with E-state index in [-0.39, 0.29) is 64.4 Å². The van der Waals surface area contributed by atoms with Gasteiger partial charge in [-0.2, -0.15) is 17.2 Å². The van der Waals surface area contributed by atoms with Gasteiger partial charge < -0.3 is 37.2 Å². The summed E-state index contributed by atoms with van der Waals surface area (Å²) in [6, 6.07) is 26.1. The molecule has 0 radical (unpaired) electrons. The third-order valence-electron chi connectivity index (χ3n) is 4.74. The van der Waals surface area contributed by atoms with E-state index in [0.29, 0.717) is 0 Å². The summed E-state index contributed by atoms with van der Waals surface area (Å²) in [4.78, 5) is 0. The molecule has 0 spiro atoms. The third-order valence-corrected chi connectivity index (χ3v) is 4.74. The van der Waals surface area contributed by atoms with Gasteiger partial charge in [-0.3, -0.25) is 0 Å². The van der Waals surface area contributed by atoms with Gasteiger partial charge in [-0.1, -0.05) is 81.4 Å². The van der Waals surface area contributed by atoms with Crippen molar-refractivity contribution in [3.63, 3.8) is 0 Å². The Hall–Kier alpha value is -0.626. The topological polar surface area (TPSA) is 0 Å². The first-order valence-corrected chi connectivity index (χ1v) is 7.48. The second kappa shape index (κ2) is 11.2. The average Bonchev–Trinajstić information content (AvgIpc) is 2.88. The monoisotopic (exact) mass is 426 g/mol. The van der Waals surface area contributed by atoms with Crippen molar-refractivity contribution in [3.8, 4) is 0 Å². The fourth-order valence-corrected chi connectivity index (χ4v) is 3.23. The van der Waals surface area contributed by atoms with Gasteiger partial charge >= 0.3 is 21.7 Å². The summed E-state index contributed by atoms with van der Waals surface area (Å²) in [6.07, 6.45) is 0. The Morgan fingerprint density at radius 1 is 0.680 bits per heavy atom. The van der Waals surface area contributed by atoms with Crippen LogP contribution in [0.25, 0.3) is 0 Å². The van der Waals surface area contributed by atoms with E-state index < -0.39 is 0 Å². The maximum Gasteiger partial charge on any atom is 4.00 e. The quantitative estimate of drug-likeness (QED) is 0.299. The molecule has 0 atom stereocenters. The van der Waals surface area contributed by atoms with Crippen molar-refractivity contribution >= 4 is 0 Å².